The minimum absolute atomic E-state index is 0.130. The van der Waals surface area contributed by atoms with E-state index in [1.54, 1.807) is 23.1 Å². The Morgan fingerprint density at radius 2 is 1.74 bits per heavy atom. The molecule has 0 aromatic heterocycles. The molecular formula is C26H34F2N2O4. The summed E-state index contributed by atoms with van der Waals surface area (Å²) in [6, 6.07) is 10.0. The van der Waals surface area contributed by atoms with Gasteiger partial charge in [-0.15, -0.1) is 0 Å². The van der Waals surface area contributed by atoms with Gasteiger partial charge in [0, 0.05) is 37.0 Å². The number of urea groups is 1. The SMILES string of the molecule is CCC(CC)CC1(O)CCN(C(=O)Nc2cc(OCCF)cc(Oc3ccc(F)cc3)c2)CC1. The van der Waals surface area contributed by atoms with E-state index in [9.17, 15) is 18.7 Å². The number of nitrogens with one attached hydrogen (secondary N) is 1. The fourth-order valence-electron chi connectivity index (χ4n) is 4.23. The number of carbonyl (C=O) groups excluding carboxylic acids is 1. The number of hydrogen-bond acceptors (Lipinski definition) is 4. The zero-order valence-corrected chi connectivity index (χ0v) is 19.9. The van der Waals surface area contributed by atoms with Crippen LogP contribution in [0.1, 0.15) is 46.0 Å². The van der Waals surface area contributed by atoms with Crippen molar-refractivity contribution in [1.29, 1.82) is 0 Å². The average molecular weight is 477 g/mol. The second-order valence-electron chi connectivity index (χ2n) is 8.81. The third kappa shape index (κ3) is 7.32. The number of rotatable bonds is 10. The lowest BCUT2D eigenvalue weighted by atomic mass is 9.81. The van der Waals surface area contributed by atoms with E-state index < -0.39 is 12.3 Å². The second-order valence-corrected chi connectivity index (χ2v) is 8.81. The standard InChI is InChI=1S/C26H34F2N2O4/c1-3-19(4-2)18-26(32)9-12-30(13-10-26)25(31)29-21-15-23(33-14-11-27)17-24(16-21)34-22-7-5-20(28)6-8-22/h5-8,15-17,19,32H,3-4,9-14,18H2,1-2H3,(H,29,31). The zero-order valence-electron chi connectivity index (χ0n) is 19.9. The summed E-state index contributed by atoms with van der Waals surface area (Å²) < 4.78 is 37.0. The van der Waals surface area contributed by atoms with Crippen molar-refractivity contribution in [3.05, 3.63) is 48.3 Å². The Hall–Kier alpha value is -2.87. The predicted octanol–water partition coefficient (Wildman–Crippen LogP) is 6.15. The molecule has 0 saturated carbocycles. The highest BCUT2D eigenvalue weighted by Crippen LogP contribution is 2.33. The largest absolute Gasteiger partial charge is 0.491 e. The van der Waals surface area contributed by atoms with E-state index in [1.807, 2.05) is 0 Å². The zero-order chi connectivity index (χ0) is 24.6. The maximum absolute atomic E-state index is 13.2. The van der Waals surface area contributed by atoms with Crippen LogP contribution in [0.3, 0.4) is 0 Å². The molecule has 186 valence electrons. The van der Waals surface area contributed by atoms with E-state index in [2.05, 4.69) is 19.2 Å². The van der Waals surface area contributed by atoms with Crippen LogP contribution in [0.4, 0.5) is 19.3 Å². The Kier molecular flexibility index (Phi) is 9.10. The third-order valence-electron chi connectivity index (χ3n) is 6.33. The lowest BCUT2D eigenvalue weighted by Gasteiger charge is -2.39. The number of halogens is 2. The van der Waals surface area contributed by atoms with Crippen molar-refractivity contribution in [3.8, 4) is 17.2 Å². The molecule has 1 aliphatic rings. The van der Waals surface area contributed by atoms with Crippen LogP contribution in [-0.4, -0.2) is 48.0 Å². The Bertz CT molecular complexity index is 927. The van der Waals surface area contributed by atoms with E-state index in [-0.39, 0.29) is 18.5 Å². The van der Waals surface area contributed by atoms with E-state index in [0.29, 0.717) is 54.8 Å². The first-order chi connectivity index (χ1) is 16.3. The van der Waals surface area contributed by atoms with Crippen LogP contribution in [-0.2, 0) is 0 Å². The number of amides is 2. The number of nitrogens with zero attached hydrogens (tertiary/aromatic N) is 1. The first-order valence-electron chi connectivity index (χ1n) is 11.9. The van der Waals surface area contributed by atoms with Crippen molar-refractivity contribution < 1.29 is 28.2 Å². The molecule has 1 heterocycles. The normalized spacial score (nSPS) is 15.3. The highest BCUT2D eigenvalue weighted by molar-refractivity contribution is 5.90. The van der Waals surface area contributed by atoms with E-state index >= 15 is 0 Å². The average Bonchev–Trinajstić information content (AvgIpc) is 2.83. The highest BCUT2D eigenvalue weighted by Gasteiger charge is 2.35. The van der Waals surface area contributed by atoms with E-state index in [1.165, 1.54) is 24.3 Å². The number of piperidine rings is 1. The smallest absolute Gasteiger partial charge is 0.321 e. The molecule has 0 spiro atoms. The molecule has 2 aromatic carbocycles. The molecule has 8 heteroatoms. The number of likely N-dealkylation sites (tertiary alicyclic amines) is 1. The molecule has 2 amide bonds. The van der Waals surface area contributed by atoms with Crippen molar-refractivity contribution >= 4 is 11.7 Å². The first-order valence-corrected chi connectivity index (χ1v) is 11.9. The van der Waals surface area contributed by atoms with Gasteiger partial charge in [-0.05, 0) is 49.4 Å². The van der Waals surface area contributed by atoms with Crippen molar-refractivity contribution in [2.45, 2.75) is 51.6 Å². The fraction of sp³-hybridized carbons (Fsp3) is 0.500. The molecule has 0 bridgehead atoms. The lowest BCUT2D eigenvalue weighted by molar-refractivity contribution is -0.0309. The molecule has 1 aliphatic heterocycles. The second kappa shape index (κ2) is 12.0. The summed E-state index contributed by atoms with van der Waals surface area (Å²) in [4.78, 5) is 14.6. The van der Waals surface area contributed by atoms with Gasteiger partial charge in [-0.3, -0.25) is 0 Å². The fourth-order valence-corrected chi connectivity index (χ4v) is 4.23. The monoisotopic (exact) mass is 476 g/mol. The van der Waals surface area contributed by atoms with Crippen LogP contribution >= 0.6 is 0 Å². The van der Waals surface area contributed by atoms with Gasteiger partial charge >= 0.3 is 6.03 Å². The van der Waals surface area contributed by atoms with Crippen LogP contribution in [0.25, 0.3) is 0 Å². The number of hydrogen-bond donors (Lipinski definition) is 2. The van der Waals surface area contributed by atoms with Gasteiger partial charge in [0.15, 0.2) is 0 Å². The summed E-state index contributed by atoms with van der Waals surface area (Å²) in [5.41, 5.74) is -0.305. The number of carbonyl (C=O) groups is 1. The molecule has 0 aliphatic carbocycles. The van der Waals surface area contributed by atoms with Crippen molar-refractivity contribution in [3.63, 3.8) is 0 Å². The Labute approximate surface area is 199 Å². The maximum atomic E-state index is 13.2. The van der Waals surface area contributed by atoms with Gasteiger partial charge in [0.1, 0.15) is 36.3 Å². The highest BCUT2D eigenvalue weighted by atomic mass is 19.1. The summed E-state index contributed by atoms with van der Waals surface area (Å²) >= 11 is 0. The summed E-state index contributed by atoms with van der Waals surface area (Å²) in [5, 5.41) is 13.8. The molecule has 1 saturated heterocycles. The molecular weight excluding hydrogens is 442 g/mol. The molecule has 34 heavy (non-hydrogen) atoms. The van der Waals surface area contributed by atoms with Gasteiger partial charge in [-0.1, -0.05) is 26.7 Å². The predicted molar refractivity (Wildman–Crippen MR) is 128 cm³/mol. The number of aliphatic hydroxyl groups is 1. The van der Waals surface area contributed by atoms with Crippen molar-refractivity contribution in [2.24, 2.45) is 5.92 Å². The summed E-state index contributed by atoms with van der Waals surface area (Å²) in [6.07, 6.45) is 3.90. The number of anilines is 1. The molecule has 3 rings (SSSR count). The molecule has 6 nitrogen and oxygen atoms in total. The molecule has 0 radical (unpaired) electrons. The Balaban J connectivity index is 1.66. The summed E-state index contributed by atoms with van der Waals surface area (Å²) in [7, 11) is 0. The van der Waals surface area contributed by atoms with Crippen LogP contribution in [0.2, 0.25) is 0 Å². The molecule has 2 N–H and O–H groups in total. The molecule has 0 unspecified atom stereocenters. The van der Waals surface area contributed by atoms with Gasteiger partial charge in [0.25, 0.3) is 0 Å². The maximum Gasteiger partial charge on any atom is 0.321 e. The van der Waals surface area contributed by atoms with E-state index in [0.717, 1.165) is 19.3 Å². The van der Waals surface area contributed by atoms with Crippen LogP contribution in [0.5, 0.6) is 17.2 Å². The topological polar surface area (TPSA) is 71.0 Å². The molecule has 1 fully saturated rings. The van der Waals surface area contributed by atoms with Crippen LogP contribution < -0.4 is 14.8 Å². The Morgan fingerprint density at radius 3 is 2.35 bits per heavy atom. The van der Waals surface area contributed by atoms with Crippen molar-refractivity contribution in [1.82, 2.24) is 4.90 Å². The molecule has 0 atom stereocenters. The first kappa shape index (κ1) is 25.7. The summed E-state index contributed by atoms with van der Waals surface area (Å²) in [6.45, 7) is 4.41. The van der Waals surface area contributed by atoms with Gasteiger partial charge in [-0.25, -0.2) is 13.6 Å². The van der Waals surface area contributed by atoms with E-state index in [4.69, 9.17) is 9.47 Å². The minimum atomic E-state index is -0.732. The number of ether oxygens (including phenoxy) is 2. The quantitative estimate of drug-likeness (QED) is 0.431. The minimum Gasteiger partial charge on any atom is -0.491 e. The van der Waals surface area contributed by atoms with Gasteiger partial charge in [0.05, 0.1) is 5.60 Å². The third-order valence-corrected chi connectivity index (χ3v) is 6.33. The van der Waals surface area contributed by atoms with Crippen LogP contribution in [0.15, 0.2) is 42.5 Å². The number of alkyl halides is 1. The van der Waals surface area contributed by atoms with Gasteiger partial charge < -0.3 is 24.8 Å². The summed E-state index contributed by atoms with van der Waals surface area (Å²) in [5.74, 6) is 1.21. The van der Waals surface area contributed by atoms with Crippen molar-refractivity contribution in [2.75, 3.05) is 31.7 Å². The number of benzene rings is 2. The van der Waals surface area contributed by atoms with Gasteiger partial charge in [0.2, 0.25) is 0 Å². The molecule has 2 aromatic rings. The Morgan fingerprint density at radius 1 is 1.09 bits per heavy atom. The lowest BCUT2D eigenvalue weighted by Crippen LogP contribution is -2.48. The van der Waals surface area contributed by atoms with Gasteiger partial charge in [-0.2, -0.15) is 0 Å². The van der Waals surface area contributed by atoms with Crippen LogP contribution in [0, 0.1) is 11.7 Å².